The number of nitrogens with zero attached hydrogens (tertiary/aromatic N) is 2. The monoisotopic (exact) mass is 701 g/mol. The van der Waals surface area contributed by atoms with Crippen LogP contribution in [-0.2, 0) is 20.4 Å². The molecule has 1 atom stereocenters. The number of nitrogens with one attached hydrogen (secondary N) is 1. The molecule has 2 amide bonds. The van der Waals surface area contributed by atoms with Gasteiger partial charge in [0.1, 0.15) is 11.5 Å². The van der Waals surface area contributed by atoms with Crippen molar-refractivity contribution >= 4 is 39.1 Å². The van der Waals surface area contributed by atoms with Gasteiger partial charge in [-0.3, -0.25) is 4.90 Å². The van der Waals surface area contributed by atoms with Gasteiger partial charge in [0.2, 0.25) is 0 Å². The molecule has 2 aliphatic heterocycles. The molecule has 1 N–H and O–H groups in total. The number of aryl methyl sites for hydroxylation is 1. The Balaban J connectivity index is 1.48. The van der Waals surface area contributed by atoms with Gasteiger partial charge >= 0.3 is 12.0 Å². The van der Waals surface area contributed by atoms with Crippen LogP contribution >= 0.6 is 0 Å². The van der Waals surface area contributed by atoms with E-state index in [2.05, 4.69) is 30.4 Å². The maximum absolute atomic E-state index is 14.8. The van der Waals surface area contributed by atoms with Crippen LogP contribution in [0.4, 0.5) is 21.9 Å². The average molecular weight is 702 g/mol. The summed E-state index contributed by atoms with van der Waals surface area (Å²) in [5.74, 6) is 0.825. The molecule has 2 aliphatic rings. The SMILES string of the molecule is CCN(CCC(C)C)c1ccc(C)c(N(C(=O)NS(=O)(=O)c2ccccc2)c2cccc3c2C2(OC(=O)c4ccccc42)c2ccccc2O3)c1. The largest absolute Gasteiger partial charge is 0.456 e. The van der Waals surface area contributed by atoms with Crippen molar-refractivity contribution in [3.05, 3.63) is 143 Å². The number of amides is 2. The summed E-state index contributed by atoms with van der Waals surface area (Å²) in [7, 11) is -4.31. The smallest absolute Gasteiger partial charge is 0.340 e. The van der Waals surface area contributed by atoms with Gasteiger partial charge in [-0.05, 0) is 80.3 Å². The second-order valence-corrected chi connectivity index (χ2v) is 14.8. The lowest BCUT2D eigenvalue weighted by Crippen LogP contribution is -2.43. The van der Waals surface area contributed by atoms with Gasteiger partial charge in [-0.25, -0.2) is 22.7 Å². The molecule has 0 saturated carbocycles. The first kappa shape index (κ1) is 33.9. The Morgan fingerprint density at radius 2 is 1.51 bits per heavy atom. The highest BCUT2D eigenvalue weighted by Gasteiger charge is 2.55. The number of ether oxygens (including phenoxy) is 2. The summed E-state index contributed by atoms with van der Waals surface area (Å²) < 4.78 is 42.7. The van der Waals surface area contributed by atoms with Gasteiger partial charge in [0, 0.05) is 29.9 Å². The number of benzene rings is 5. The Morgan fingerprint density at radius 3 is 2.25 bits per heavy atom. The molecule has 0 bridgehead atoms. The number of anilines is 3. The van der Waals surface area contributed by atoms with E-state index >= 15 is 0 Å². The highest BCUT2D eigenvalue weighted by molar-refractivity contribution is 7.90. The Labute approximate surface area is 298 Å². The van der Waals surface area contributed by atoms with E-state index in [4.69, 9.17) is 9.47 Å². The highest BCUT2D eigenvalue weighted by Crippen LogP contribution is 2.59. The van der Waals surface area contributed by atoms with Crippen LogP contribution in [0, 0.1) is 12.8 Å². The van der Waals surface area contributed by atoms with Crippen LogP contribution in [0.3, 0.4) is 0 Å². The minimum atomic E-state index is -4.31. The number of hydrogen-bond donors (Lipinski definition) is 1. The summed E-state index contributed by atoms with van der Waals surface area (Å²) in [5, 5.41) is 0. The molecule has 0 aliphatic carbocycles. The molecule has 260 valence electrons. The van der Waals surface area contributed by atoms with E-state index < -0.39 is 27.6 Å². The maximum atomic E-state index is 14.8. The summed E-state index contributed by atoms with van der Waals surface area (Å²) in [6.45, 7) is 9.83. The summed E-state index contributed by atoms with van der Waals surface area (Å²) in [6, 6.07) is 32.4. The number of para-hydroxylation sites is 1. The van der Waals surface area contributed by atoms with Gasteiger partial charge < -0.3 is 14.4 Å². The van der Waals surface area contributed by atoms with Gasteiger partial charge in [-0.2, -0.15) is 0 Å². The van der Waals surface area contributed by atoms with Crippen LogP contribution in [0.5, 0.6) is 11.5 Å². The van der Waals surface area contributed by atoms with Crippen LogP contribution in [0.1, 0.15) is 59.8 Å². The molecule has 5 aromatic rings. The Kier molecular flexibility index (Phi) is 8.81. The van der Waals surface area contributed by atoms with Crippen molar-refractivity contribution in [1.82, 2.24) is 4.72 Å². The number of carbonyl (C=O) groups excluding carboxylic acids is 2. The zero-order chi connectivity index (χ0) is 35.9. The Hall–Kier alpha value is -5.61. The molecule has 51 heavy (non-hydrogen) atoms. The standard InChI is InChI=1S/C41H39N3O6S/c1-5-43(25-24-27(2)3)29-23-22-28(4)35(26-29)44(40(46)42-51(47,48)30-14-7-6-8-15-30)34-19-13-21-37-38(34)41(33-18-11-12-20-36(33)49-37)32-17-10-9-16-31(32)39(45)50-41/h6-23,26-27H,5,24-25H2,1-4H3,(H,42,46). The molecule has 2 heterocycles. The van der Waals surface area contributed by atoms with Crippen molar-refractivity contribution in [3.63, 3.8) is 0 Å². The molecule has 0 aromatic heterocycles. The Morgan fingerprint density at radius 1 is 0.824 bits per heavy atom. The third-order valence-electron chi connectivity index (χ3n) is 9.49. The fourth-order valence-corrected chi connectivity index (χ4v) is 7.89. The predicted octanol–water partition coefficient (Wildman–Crippen LogP) is 8.67. The molecule has 9 nitrogen and oxygen atoms in total. The fraction of sp³-hybridized carbons (Fsp3) is 0.220. The number of rotatable bonds is 9. The van der Waals surface area contributed by atoms with E-state index in [-0.39, 0.29) is 10.6 Å². The lowest BCUT2D eigenvalue weighted by atomic mass is 9.76. The zero-order valence-corrected chi connectivity index (χ0v) is 29.7. The minimum absolute atomic E-state index is 0.0583. The summed E-state index contributed by atoms with van der Waals surface area (Å²) in [5.41, 5.74) is 2.79. The van der Waals surface area contributed by atoms with E-state index in [1.54, 1.807) is 48.5 Å². The second-order valence-electron chi connectivity index (χ2n) is 13.2. The first-order chi connectivity index (χ1) is 24.5. The van der Waals surface area contributed by atoms with Crippen LogP contribution in [0.15, 0.2) is 120 Å². The molecule has 1 spiro atoms. The van der Waals surface area contributed by atoms with Gasteiger partial charge in [0.15, 0.2) is 5.60 Å². The number of fused-ring (bicyclic) bond motifs is 6. The molecule has 1 unspecified atom stereocenters. The van der Waals surface area contributed by atoms with Gasteiger partial charge in [-0.1, -0.05) is 80.6 Å². The quantitative estimate of drug-likeness (QED) is 0.153. The van der Waals surface area contributed by atoms with Crippen molar-refractivity contribution in [3.8, 4) is 11.5 Å². The number of carbonyl (C=O) groups is 2. The second kappa shape index (κ2) is 13.3. The summed E-state index contributed by atoms with van der Waals surface area (Å²) in [4.78, 5) is 32.0. The lowest BCUT2D eigenvalue weighted by Gasteiger charge is -2.39. The molecule has 7 rings (SSSR count). The predicted molar refractivity (Wildman–Crippen MR) is 198 cm³/mol. The van der Waals surface area contributed by atoms with Crippen molar-refractivity contribution < 1.29 is 27.5 Å². The average Bonchev–Trinajstić information content (AvgIpc) is 3.42. The molecule has 5 aromatic carbocycles. The fourth-order valence-electron chi connectivity index (χ4n) is 6.93. The third-order valence-corrected chi connectivity index (χ3v) is 10.8. The van der Waals surface area contributed by atoms with Crippen molar-refractivity contribution in [2.45, 2.75) is 44.6 Å². The first-order valence-corrected chi connectivity index (χ1v) is 18.5. The van der Waals surface area contributed by atoms with Gasteiger partial charge in [-0.15, -0.1) is 0 Å². The zero-order valence-electron chi connectivity index (χ0n) is 28.9. The van der Waals surface area contributed by atoms with Crippen LogP contribution < -0.4 is 19.3 Å². The maximum Gasteiger partial charge on any atom is 0.340 e. The van der Waals surface area contributed by atoms with Gasteiger partial charge in [0.25, 0.3) is 10.0 Å². The third kappa shape index (κ3) is 5.89. The van der Waals surface area contributed by atoms with Crippen molar-refractivity contribution in [1.29, 1.82) is 0 Å². The van der Waals surface area contributed by atoms with Crippen LogP contribution in [0.25, 0.3) is 0 Å². The molecule has 10 heteroatoms. The first-order valence-electron chi connectivity index (χ1n) is 17.1. The molecular weight excluding hydrogens is 663 g/mol. The van der Waals surface area contributed by atoms with E-state index in [1.807, 2.05) is 61.5 Å². The topological polar surface area (TPSA) is 105 Å². The normalized spacial score (nSPS) is 15.7. The van der Waals surface area contributed by atoms with Gasteiger partial charge in [0.05, 0.1) is 27.4 Å². The lowest BCUT2D eigenvalue weighted by molar-refractivity contribution is 0.0226. The van der Waals surface area contributed by atoms with Crippen LogP contribution in [0.2, 0.25) is 0 Å². The number of hydrogen-bond acceptors (Lipinski definition) is 7. The van der Waals surface area contributed by atoms with Crippen molar-refractivity contribution in [2.24, 2.45) is 5.92 Å². The molecular formula is C41H39N3O6S. The molecule has 0 fully saturated rings. The van der Waals surface area contributed by atoms with E-state index in [9.17, 15) is 18.0 Å². The van der Waals surface area contributed by atoms with E-state index in [0.29, 0.717) is 45.4 Å². The van der Waals surface area contributed by atoms with E-state index in [0.717, 1.165) is 30.8 Å². The minimum Gasteiger partial charge on any atom is -0.456 e. The number of sulfonamides is 1. The molecule has 0 radical (unpaired) electrons. The highest BCUT2D eigenvalue weighted by atomic mass is 32.2. The van der Waals surface area contributed by atoms with E-state index in [1.165, 1.54) is 17.0 Å². The Bertz CT molecular complexity index is 2260. The number of urea groups is 1. The number of esters is 1. The van der Waals surface area contributed by atoms with Crippen LogP contribution in [-0.4, -0.2) is 33.5 Å². The summed E-state index contributed by atoms with van der Waals surface area (Å²) >= 11 is 0. The molecule has 0 saturated heterocycles. The van der Waals surface area contributed by atoms with Crippen molar-refractivity contribution in [2.75, 3.05) is 22.9 Å². The summed E-state index contributed by atoms with van der Waals surface area (Å²) in [6.07, 6.45) is 0.965.